The van der Waals surface area contributed by atoms with Crippen LogP contribution in [0.2, 0.25) is 0 Å². The average Bonchev–Trinajstić information content (AvgIpc) is 2.63. The molecule has 138 valence electrons. The van der Waals surface area contributed by atoms with E-state index >= 15 is 0 Å². The lowest BCUT2D eigenvalue weighted by atomic mass is 10.1. The van der Waals surface area contributed by atoms with E-state index in [2.05, 4.69) is 84.0 Å². The Bertz CT molecular complexity index is 753. The smallest absolute Gasteiger partial charge is 0.191 e. The normalized spacial score (nSPS) is 10.8. The van der Waals surface area contributed by atoms with Gasteiger partial charge in [-0.3, -0.25) is 5.43 Å². The lowest BCUT2D eigenvalue weighted by Gasteiger charge is -2.22. The summed E-state index contributed by atoms with van der Waals surface area (Å²) < 4.78 is 0. The predicted octanol–water partition coefficient (Wildman–Crippen LogP) is 4.86. The number of hydrazone groups is 1. The minimum Gasteiger partial charge on any atom is -0.372 e. The maximum Gasteiger partial charge on any atom is 0.191 e. The van der Waals surface area contributed by atoms with Crippen LogP contribution in [-0.2, 0) is 0 Å². The number of benzene rings is 2. The summed E-state index contributed by atoms with van der Waals surface area (Å²) in [7, 11) is 0. The molecule has 0 heterocycles. The Kier molecular flexibility index (Phi) is 7.60. The van der Waals surface area contributed by atoms with Gasteiger partial charge in [0.25, 0.3) is 0 Å². The summed E-state index contributed by atoms with van der Waals surface area (Å²) in [6, 6.07) is 14.6. The Balaban J connectivity index is 1.91. The van der Waals surface area contributed by atoms with Crippen molar-refractivity contribution in [3.8, 4) is 0 Å². The van der Waals surface area contributed by atoms with Crippen molar-refractivity contribution in [2.45, 2.75) is 34.1 Å². The first-order chi connectivity index (χ1) is 12.5. The molecule has 2 aromatic carbocycles. The van der Waals surface area contributed by atoms with Gasteiger partial charge in [0.2, 0.25) is 0 Å². The fraction of sp³-hybridized carbons (Fsp3) is 0.333. The van der Waals surface area contributed by atoms with Crippen LogP contribution in [0.3, 0.4) is 0 Å². The van der Waals surface area contributed by atoms with Crippen molar-refractivity contribution in [3.63, 3.8) is 0 Å². The van der Waals surface area contributed by atoms with Crippen molar-refractivity contribution >= 4 is 34.9 Å². The van der Waals surface area contributed by atoms with E-state index < -0.39 is 0 Å². The van der Waals surface area contributed by atoms with Crippen LogP contribution in [0.5, 0.6) is 0 Å². The van der Waals surface area contributed by atoms with Gasteiger partial charge in [-0.1, -0.05) is 31.2 Å². The zero-order valence-corrected chi connectivity index (χ0v) is 16.9. The molecule has 4 nitrogen and oxygen atoms in total. The summed E-state index contributed by atoms with van der Waals surface area (Å²) in [6.45, 7) is 10.6. The molecular formula is C21H28N4S. The van der Waals surface area contributed by atoms with Gasteiger partial charge >= 0.3 is 0 Å². The molecule has 0 unspecified atom stereocenters. The molecule has 2 N–H and O–H groups in total. The molecule has 0 aromatic heterocycles. The van der Waals surface area contributed by atoms with Gasteiger partial charge in [-0.15, -0.1) is 0 Å². The third-order valence-corrected chi connectivity index (χ3v) is 4.35. The van der Waals surface area contributed by atoms with Crippen molar-refractivity contribution in [1.29, 1.82) is 0 Å². The molecule has 0 atom stereocenters. The van der Waals surface area contributed by atoms with Crippen LogP contribution in [0.25, 0.3) is 0 Å². The number of thiocarbonyl (C=S) groups is 1. The van der Waals surface area contributed by atoms with E-state index in [1.54, 1.807) is 6.21 Å². The minimum absolute atomic E-state index is 0.478. The van der Waals surface area contributed by atoms with Crippen LogP contribution in [-0.4, -0.2) is 24.4 Å². The van der Waals surface area contributed by atoms with E-state index in [9.17, 15) is 0 Å². The summed E-state index contributed by atoms with van der Waals surface area (Å²) in [5, 5.41) is 7.89. The van der Waals surface area contributed by atoms with Gasteiger partial charge < -0.3 is 10.2 Å². The van der Waals surface area contributed by atoms with Crippen LogP contribution in [0.1, 0.15) is 37.0 Å². The molecule has 0 saturated heterocycles. The second kappa shape index (κ2) is 9.92. The summed E-state index contributed by atoms with van der Waals surface area (Å²) in [5.41, 5.74) is 8.48. The van der Waals surface area contributed by atoms with E-state index in [1.165, 1.54) is 11.3 Å². The van der Waals surface area contributed by atoms with Gasteiger partial charge in [-0.2, -0.15) is 5.10 Å². The van der Waals surface area contributed by atoms with E-state index in [-0.39, 0.29) is 0 Å². The van der Waals surface area contributed by atoms with Crippen molar-refractivity contribution in [1.82, 2.24) is 5.43 Å². The zero-order chi connectivity index (χ0) is 18.9. The van der Waals surface area contributed by atoms with E-state index in [1.807, 2.05) is 6.92 Å². The average molecular weight is 369 g/mol. The molecule has 26 heavy (non-hydrogen) atoms. The number of nitrogens with zero attached hydrogens (tertiary/aromatic N) is 2. The third kappa shape index (κ3) is 5.85. The number of aryl methyl sites for hydroxylation is 2. The van der Waals surface area contributed by atoms with Crippen LogP contribution in [0.4, 0.5) is 11.4 Å². The monoisotopic (exact) mass is 368 g/mol. The highest BCUT2D eigenvalue weighted by atomic mass is 32.1. The van der Waals surface area contributed by atoms with Gasteiger partial charge in [0.1, 0.15) is 0 Å². The molecule has 0 radical (unpaired) electrons. The number of anilines is 2. The standard InChI is InChI=1S/C21H28N4S/c1-5-13-25(6-2)19-11-9-18(10-12-19)15-22-24-21(26)23-20-14-16(3)7-8-17(20)4/h7-12,14-15H,5-6,13H2,1-4H3,(H2,23,24,26)/b22-15-. The van der Waals surface area contributed by atoms with Gasteiger partial charge in [0, 0.05) is 24.5 Å². The molecule has 0 aliphatic rings. The largest absolute Gasteiger partial charge is 0.372 e. The lowest BCUT2D eigenvalue weighted by Crippen LogP contribution is -2.24. The van der Waals surface area contributed by atoms with Crippen molar-refractivity contribution in [3.05, 3.63) is 59.2 Å². The number of rotatable bonds is 7. The molecule has 0 spiro atoms. The third-order valence-electron chi connectivity index (χ3n) is 4.15. The summed E-state index contributed by atoms with van der Waals surface area (Å²) in [5.74, 6) is 0. The molecule has 0 fully saturated rings. The number of hydrogen-bond donors (Lipinski definition) is 2. The SMILES string of the molecule is CCCN(CC)c1ccc(/C=N\NC(=S)Nc2cc(C)ccc2C)cc1. The Hall–Kier alpha value is -2.40. The quantitative estimate of drug-likeness (QED) is 0.416. The highest BCUT2D eigenvalue weighted by Crippen LogP contribution is 2.16. The summed E-state index contributed by atoms with van der Waals surface area (Å²) >= 11 is 5.31. The Morgan fingerprint density at radius 2 is 1.85 bits per heavy atom. The maximum absolute atomic E-state index is 5.31. The van der Waals surface area contributed by atoms with Crippen LogP contribution in [0, 0.1) is 13.8 Å². The second-order valence-electron chi connectivity index (χ2n) is 6.31. The topological polar surface area (TPSA) is 39.7 Å². The van der Waals surface area contributed by atoms with Crippen LogP contribution >= 0.6 is 12.2 Å². The molecule has 2 aromatic rings. The van der Waals surface area contributed by atoms with Gasteiger partial charge in [-0.05, 0) is 74.3 Å². The highest BCUT2D eigenvalue weighted by Gasteiger charge is 2.03. The van der Waals surface area contributed by atoms with E-state index in [0.29, 0.717) is 5.11 Å². The van der Waals surface area contributed by atoms with Gasteiger partial charge in [0.15, 0.2) is 5.11 Å². The Morgan fingerprint density at radius 1 is 1.12 bits per heavy atom. The van der Waals surface area contributed by atoms with E-state index in [4.69, 9.17) is 12.2 Å². The molecule has 2 rings (SSSR count). The molecule has 0 aliphatic heterocycles. The molecule has 0 aliphatic carbocycles. The highest BCUT2D eigenvalue weighted by molar-refractivity contribution is 7.80. The first kappa shape index (κ1) is 19.9. The molecule has 0 amide bonds. The number of hydrogen-bond acceptors (Lipinski definition) is 3. The summed E-state index contributed by atoms with van der Waals surface area (Å²) in [4.78, 5) is 2.36. The minimum atomic E-state index is 0.478. The first-order valence-electron chi connectivity index (χ1n) is 9.05. The molecule has 0 saturated carbocycles. The van der Waals surface area contributed by atoms with Crippen molar-refractivity contribution < 1.29 is 0 Å². The van der Waals surface area contributed by atoms with Gasteiger partial charge in [-0.25, -0.2) is 0 Å². The fourth-order valence-electron chi connectivity index (χ4n) is 2.70. The van der Waals surface area contributed by atoms with Gasteiger partial charge in [0.05, 0.1) is 6.21 Å². The molecular weight excluding hydrogens is 340 g/mol. The number of nitrogens with one attached hydrogen (secondary N) is 2. The van der Waals surface area contributed by atoms with Crippen molar-refractivity contribution in [2.24, 2.45) is 5.10 Å². The van der Waals surface area contributed by atoms with E-state index in [0.717, 1.165) is 36.3 Å². The fourth-order valence-corrected chi connectivity index (χ4v) is 2.86. The van der Waals surface area contributed by atoms with Crippen molar-refractivity contribution in [2.75, 3.05) is 23.3 Å². The van der Waals surface area contributed by atoms with Crippen LogP contribution in [0.15, 0.2) is 47.6 Å². The zero-order valence-electron chi connectivity index (χ0n) is 16.0. The molecule has 5 heteroatoms. The summed E-state index contributed by atoms with van der Waals surface area (Å²) in [6.07, 6.45) is 2.92. The Labute approximate surface area is 162 Å². The first-order valence-corrected chi connectivity index (χ1v) is 9.46. The maximum atomic E-state index is 5.31. The lowest BCUT2D eigenvalue weighted by molar-refractivity contribution is 0.792. The Morgan fingerprint density at radius 3 is 2.50 bits per heavy atom. The molecule has 0 bridgehead atoms. The second-order valence-corrected chi connectivity index (χ2v) is 6.72. The predicted molar refractivity (Wildman–Crippen MR) is 117 cm³/mol. The van der Waals surface area contributed by atoms with Crippen LogP contribution < -0.4 is 15.6 Å².